The summed E-state index contributed by atoms with van der Waals surface area (Å²) in [6.07, 6.45) is 7.65. The van der Waals surface area contributed by atoms with E-state index in [1.54, 1.807) is 24.3 Å². The second kappa shape index (κ2) is 11.0. The molecule has 0 aliphatic rings. The molecule has 0 spiro atoms. The lowest BCUT2D eigenvalue weighted by molar-refractivity contribution is 0.0945. The van der Waals surface area contributed by atoms with E-state index >= 15 is 0 Å². The number of carbonyl (C=O) groups is 2. The van der Waals surface area contributed by atoms with Gasteiger partial charge in [0.1, 0.15) is 0 Å². The fraction of sp³-hybridized carbons (Fsp3) is 0.280. The summed E-state index contributed by atoms with van der Waals surface area (Å²) < 4.78 is 25.3. The normalized spacial score (nSPS) is 11.2. The van der Waals surface area contributed by atoms with Crippen molar-refractivity contribution >= 4 is 21.7 Å². The van der Waals surface area contributed by atoms with E-state index in [0.29, 0.717) is 30.6 Å². The Morgan fingerprint density at radius 1 is 0.909 bits per heavy atom. The number of amides is 2. The lowest BCUT2D eigenvalue weighted by atomic mass is 10.2. The first-order chi connectivity index (χ1) is 15.8. The second-order valence-electron chi connectivity index (χ2n) is 7.89. The van der Waals surface area contributed by atoms with Crippen molar-refractivity contribution in [2.75, 3.05) is 19.3 Å². The zero-order valence-corrected chi connectivity index (χ0v) is 19.7. The molecule has 0 unspecified atom stereocenters. The molecular weight excluding hydrogens is 438 g/mol. The number of benzene rings is 2. The molecule has 0 aliphatic carbocycles. The average molecular weight is 468 g/mol. The maximum absolute atomic E-state index is 12.4. The molecule has 0 aliphatic heterocycles. The van der Waals surface area contributed by atoms with Crippen molar-refractivity contribution in [3.8, 4) is 5.69 Å². The molecular formula is C25H29N3O4S. The van der Waals surface area contributed by atoms with Crippen molar-refractivity contribution < 1.29 is 18.0 Å². The highest BCUT2D eigenvalue weighted by molar-refractivity contribution is 7.90. The number of nitrogens with zero attached hydrogens (tertiary/aromatic N) is 1. The Labute approximate surface area is 194 Å². The summed E-state index contributed by atoms with van der Waals surface area (Å²) in [5.41, 5.74) is 2.92. The summed E-state index contributed by atoms with van der Waals surface area (Å²) in [6, 6.07) is 15.4. The van der Waals surface area contributed by atoms with Crippen LogP contribution in [-0.2, 0) is 16.3 Å². The van der Waals surface area contributed by atoms with Crippen LogP contribution in [0.4, 0.5) is 0 Å². The lowest BCUT2D eigenvalue weighted by Crippen LogP contribution is -2.25. The first kappa shape index (κ1) is 24.3. The van der Waals surface area contributed by atoms with E-state index in [1.165, 1.54) is 12.1 Å². The third kappa shape index (κ3) is 6.79. The molecule has 0 saturated heterocycles. The maximum atomic E-state index is 12.4. The monoisotopic (exact) mass is 467 g/mol. The van der Waals surface area contributed by atoms with Gasteiger partial charge in [-0.05, 0) is 66.9 Å². The summed E-state index contributed by atoms with van der Waals surface area (Å²) >= 11 is 0. The van der Waals surface area contributed by atoms with Gasteiger partial charge in [0.2, 0.25) is 0 Å². The van der Waals surface area contributed by atoms with Crippen molar-refractivity contribution in [3.05, 3.63) is 83.7 Å². The van der Waals surface area contributed by atoms with Gasteiger partial charge in [-0.25, -0.2) is 8.42 Å². The minimum Gasteiger partial charge on any atom is -0.352 e. The first-order valence-electron chi connectivity index (χ1n) is 10.9. The molecule has 174 valence electrons. The smallest absolute Gasteiger partial charge is 0.251 e. The number of hydrogen-bond acceptors (Lipinski definition) is 4. The van der Waals surface area contributed by atoms with Crippen LogP contribution in [0.15, 0.2) is 71.9 Å². The molecule has 0 atom stereocenters. The number of aromatic nitrogens is 1. The van der Waals surface area contributed by atoms with Crippen LogP contribution in [0.5, 0.6) is 0 Å². The Balaban J connectivity index is 1.54. The zero-order valence-electron chi connectivity index (χ0n) is 18.9. The van der Waals surface area contributed by atoms with Gasteiger partial charge in [0.15, 0.2) is 9.84 Å². The summed E-state index contributed by atoms with van der Waals surface area (Å²) in [6.45, 7) is 3.18. The van der Waals surface area contributed by atoms with Crippen LogP contribution in [0.25, 0.3) is 5.69 Å². The number of hydrogen-bond donors (Lipinski definition) is 2. The fourth-order valence-corrected chi connectivity index (χ4v) is 3.97. The molecule has 0 saturated carbocycles. The molecule has 3 aromatic rings. The molecule has 0 radical (unpaired) electrons. The van der Waals surface area contributed by atoms with Crippen LogP contribution in [0, 0.1) is 0 Å². The Morgan fingerprint density at radius 3 is 2.30 bits per heavy atom. The predicted octanol–water partition coefficient (Wildman–Crippen LogP) is 3.38. The number of unbranched alkanes of at least 4 members (excludes halogenated alkanes) is 1. The Morgan fingerprint density at radius 2 is 1.61 bits per heavy atom. The Hall–Kier alpha value is -3.39. The topological polar surface area (TPSA) is 97.3 Å². The van der Waals surface area contributed by atoms with Crippen LogP contribution in [0.1, 0.15) is 46.0 Å². The van der Waals surface area contributed by atoms with Gasteiger partial charge in [-0.2, -0.15) is 0 Å². The van der Waals surface area contributed by atoms with Crippen molar-refractivity contribution in [1.29, 1.82) is 0 Å². The molecule has 7 nitrogen and oxygen atoms in total. The number of rotatable bonds is 10. The zero-order chi connectivity index (χ0) is 23.8. The van der Waals surface area contributed by atoms with Gasteiger partial charge in [-0.3, -0.25) is 9.59 Å². The van der Waals surface area contributed by atoms with Gasteiger partial charge in [-0.1, -0.05) is 19.4 Å². The molecule has 1 heterocycles. The molecule has 2 amide bonds. The van der Waals surface area contributed by atoms with Crippen molar-refractivity contribution in [1.82, 2.24) is 15.2 Å². The molecule has 0 fully saturated rings. The van der Waals surface area contributed by atoms with Gasteiger partial charge in [0.05, 0.1) is 4.90 Å². The minimum absolute atomic E-state index is 0.0685. The van der Waals surface area contributed by atoms with Gasteiger partial charge < -0.3 is 15.2 Å². The third-order valence-corrected chi connectivity index (χ3v) is 6.33. The molecule has 3 rings (SSSR count). The molecule has 1 aromatic heterocycles. The van der Waals surface area contributed by atoms with E-state index in [-0.39, 0.29) is 16.7 Å². The van der Waals surface area contributed by atoms with Gasteiger partial charge in [0.25, 0.3) is 11.8 Å². The minimum atomic E-state index is -3.36. The molecule has 0 bridgehead atoms. The largest absolute Gasteiger partial charge is 0.352 e. The van der Waals surface area contributed by atoms with Crippen molar-refractivity contribution in [2.45, 2.75) is 31.1 Å². The van der Waals surface area contributed by atoms with Crippen LogP contribution in [-0.4, -0.2) is 44.1 Å². The van der Waals surface area contributed by atoms with E-state index in [2.05, 4.69) is 17.6 Å². The Kier molecular flexibility index (Phi) is 8.06. The second-order valence-corrected chi connectivity index (χ2v) is 9.90. The van der Waals surface area contributed by atoms with Gasteiger partial charge in [-0.15, -0.1) is 0 Å². The van der Waals surface area contributed by atoms with E-state index in [0.717, 1.165) is 30.3 Å². The Bertz CT molecular complexity index is 1210. The number of sulfone groups is 1. The number of carbonyl (C=O) groups excluding carboxylic acids is 2. The molecule has 8 heteroatoms. The van der Waals surface area contributed by atoms with Crippen LogP contribution >= 0.6 is 0 Å². The molecule has 2 N–H and O–H groups in total. The van der Waals surface area contributed by atoms with E-state index < -0.39 is 9.84 Å². The van der Waals surface area contributed by atoms with E-state index in [1.807, 2.05) is 35.2 Å². The highest BCUT2D eigenvalue weighted by Gasteiger charge is 2.11. The van der Waals surface area contributed by atoms with Crippen LogP contribution in [0.2, 0.25) is 0 Å². The van der Waals surface area contributed by atoms with Crippen LogP contribution < -0.4 is 10.6 Å². The molecule has 33 heavy (non-hydrogen) atoms. The molecule has 2 aromatic carbocycles. The SMILES string of the molecule is CCCCNC(=O)c1ccc(-n2ccc(CCNC(=O)c3cccc(S(C)(=O)=O)c3)c2)cc1. The number of nitrogens with one attached hydrogen (secondary N) is 2. The van der Waals surface area contributed by atoms with Gasteiger partial charge >= 0.3 is 0 Å². The fourth-order valence-electron chi connectivity index (χ4n) is 3.31. The predicted molar refractivity (Wildman–Crippen MR) is 129 cm³/mol. The first-order valence-corrected chi connectivity index (χ1v) is 12.8. The quantitative estimate of drug-likeness (QED) is 0.447. The highest BCUT2D eigenvalue weighted by Crippen LogP contribution is 2.14. The van der Waals surface area contributed by atoms with Crippen molar-refractivity contribution in [3.63, 3.8) is 0 Å². The van der Waals surface area contributed by atoms with E-state index in [9.17, 15) is 18.0 Å². The third-order valence-electron chi connectivity index (χ3n) is 5.22. The summed E-state index contributed by atoms with van der Waals surface area (Å²) in [4.78, 5) is 24.6. The van der Waals surface area contributed by atoms with E-state index in [4.69, 9.17) is 0 Å². The lowest BCUT2D eigenvalue weighted by Gasteiger charge is -2.07. The summed E-state index contributed by atoms with van der Waals surface area (Å²) in [5.74, 6) is -0.381. The van der Waals surface area contributed by atoms with Gasteiger partial charge in [0, 0.05) is 48.6 Å². The summed E-state index contributed by atoms with van der Waals surface area (Å²) in [7, 11) is -3.36. The average Bonchev–Trinajstić information content (AvgIpc) is 3.27. The summed E-state index contributed by atoms with van der Waals surface area (Å²) in [5, 5.41) is 5.74. The van der Waals surface area contributed by atoms with Crippen molar-refractivity contribution in [2.24, 2.45) is 0 Å². The maximum Gasteiger partial charge on any atom is 0.251 e. The highest BCUT2D eigenvalue weighted by atomic mass is 32.2. The van der Waals surface area contributed by atoms with Crippen LogP contribution in [0.3, 0.4) is 0 Å². The standard InChI is InChI=1S/C25H29N3O4S/c1-3-4-14-26-24(29)20-8-10-22(11-9-20)28-16-13-19(18-28)12-15-27-25(30)21-6-5-7-23(17-21)33(2,31)32/h5-11,13,16-18H,3-4,12,14-15H2,1-2H3,(H,26,29)(H,27,30).